The lowest BCUT2D eigenvalue weighted by Gasteiger charge is -2.04. The van der Waals surface area contributed by atoms with Crippen LogP contribution in [0.4, 0.5) is 0 Å². The van der Waals surface area contributed by atoms with Crippen molar-refractivity contribution in [3.63, 3.8) is 0 Å². The largest absolute Gasteiger partial charge is 0.356 e. The van der Waals surface area contributed by atoms with Crippen LogP contribution in [0.2, 0.25) is 0 Å². The molecule has 0 fully saturated rings. The molecule has 0 spiro atoms. The van der Waals surface area contributed by atoms with E-state index in [2.05, 4.69) is 17.4 Å². The Hall–Kier alpha value is -1.35. The Labute approximate surface area is 90.7 Å². The molecule has 1 aromatic carbocycles. The highest BCUT2D eigenvalue weighted by Crippen LogP contribution is 1.98. The van der Waals surface area contributed by atoms with Crippen molar-refractivity contribution in [2.24, 2.45) is 5.73 Å². The van der Waals surface area contributed by atoms with Crippen molar-refractivity contribution in [2.75, 3.05) is 13.1 Å². The number of rotatable bonds is 6. The predicted molar refractivity (Wildman–Crippen MR) is 61.4 cm³/mol. The number of hydrogen-bond acceptors (Lipinski definition) is 2. The average Bonchev–Trinajstić information content (AvgIpc) is 2.28. The summed E-state index contributed by atoms with van der Waals surface area (Å²) in [5, 5.41) is 2.87. The normalized spacial score (nSPS) is 9.93. The number of nitrogens with two attached hydrogens (primary N) is 1. The molecule has 3 N–H and O–H groups in total. The molecule has 0 saturated carbocycles. The minimum absolute atomic E-state index is 0.0939. The van der Waals surface area contributed by atoms with E-state index in [0.29, 0.717) is 19.5 Å². The van der Waals surface area contributed by atoms with Gasteiger partial charge in [-0.25, -0.2) is 0 Å². The Morgan fingerprint density at radius 2 is 2.00 bits per heavy atom. The van der Waals surface area contributed by atoms with Crippen LogP contribution in [0.3, 0.4) is 0 Å². The number of amides is 1. The standard InChI is InChI=1S/C12H18N2O/c13-9-4-7-12(15)14-10-8-11-5-2-1-3-6-11/h1-3,5-6H,4,7-10,13H2,(H,14,15). The molecule has 0 aromatic heterocycles. The van der Waals surface area contributed by atoms with E-state index < -0.39 is 0 Å². The number of hydrogen-bond donors (Lipinski definition) is 2. The fourth-order valence-corrected chi connectivity index (χ4v) is 1.34. The van der Waals surface area contributed by atoms with E-state index in [1.54, 1.807) is 0 Å². The zero-order chi connectivity index (χ0) is 10.9. The van der Waals surface area contributed by atoms with Crippen LogP contribution in [0.1, 0.15) is 18.4 Å². The average molecular weight is 206 g/mol. The molecule has 15 heavy (non-hydrogen) atoms. The molecule has 82 valence electrons. The second-order valence-corrected chi connectivity index (χ2v) is 3.48. The second-order valence-electron chi connectivity index (χ2n) is 3.48. The summed E-state index contributed by atoms with van der Waals surface area (Å²) in [6.07, 6.45) is 2.18. The van der Waals surface area contributed by atoms with Crippen molar-refractivity contribution in [2.45, 2.75) is 19.3 Å². The third-order valence-corrected chi connectivity index (χ3v) is 2.19. The molecule has 1 aromatic rings. The van der Waals surface area contributed by atoms with Crippen molar-refractivity contribution < 1.29 is 4.79 Å². The van der Waals surface area contributed by atoms with E-state index >= 15 is 0 Å². The molecule has 0 aliphatic rings. The SMILES string of the molecule is NCCCC(=O)NCCc1ccccc1. The van der Waals surface area contributed by atoms with Crippen molar-refractivity contribution in [3.8, 4) is 0 Å². The molecule has 0 radical (unpaired) electrons. The molecule has 3 nitrogen and oxygen atoms in total. The highest BCUT2D eigenvalue weighted by molar-refractivity contribution is 5.75. The fourth-order valence-electron chi connectivity index (χ4n) is 1.34. The van der Waals surface area contributed by atoms with Crippen LogP contribution in [0.15, 0.2) is 30.3 Å². The first kappa shape index (κ1) is 11.7. The maximum absolute atomic E-state index is 11.2. The quantitative estimate of drug-likeness (QED) is 0.732. The Kier molecular flexibility index (Phi) is 5.48. The summed E-state index contributed by atoms with van der Waals surface area (Å²) in [5.74, 6) is 0.0939. The maximum Gasteiger partial charge on any atom is 0.220 e. The minimum atomic E-state index is 0.0939. The first-order chi connectivity index (χ1) is 7.33. The van der Waals surface area contributed by atoms with Gasteiger partial charge in [-0.2, -0.15) is 0 Å². The van der Waals surface area contributed by atoms with Crippen LogP contribution in [0.5, 0.6) is 0 Å². The third kappa shape index (κ3) is 5.18. The van der Waals surface area contributed by atoms with Crippen LogP contribution >= 0.6 is 0 Å². The van der Waals surface area contributed by atoms with Crippen LogP contribution < -0.4 is 11.1 Å². The first-order valence-electron chi connectivity index (χ1n) is 5.33. The van der Waals surface area contributed by atoms with Gasteiger partial charge in [0.1, 0.15) is 0 Å². The minimum Gasteiger partial charge on any atom is -0.356 e. The number of nitrogens with one attached hydrogen (secondary N) is 1. The van der Waals surface area contributed by atoms with Gasteiger partial charge in [-0.05, 0) is 24.9 Å². The number of carbonyl (C=O) groups excluding carboxylic acids is 1. The molecule has 0 aliphatic carbocycles. The van der Waals surface area contributed by atoms with E-state index in [0.717, 1.165) is 12.8 Å². The third-order valence-electron chi connectivity index (χ3n) is 2.19. The van der Waals surface area contributed by atoms with Gasteiger partial charge in [0.25, 0.3) is 0 Å². The fraction of sp³-hybridized carbons (Fsp3) is 0.417. The van der Waals surface area contributed by atoms with Crippen LogP contribution in [-0.4, -0.2) is 19.0 Å². The zero-order valence-electron chi connectivity index (χ0n) is 8.91. The molecule has 1 amide bonds. The summed E-state index contributed by atoms with van der Waals surface area (Å²) in [4.78, 5) is 11.2. The van der Waals surface area contributed by atoms with E-state index in [4.69, 9.17) is 5.73 Å². The van der Waals surface area contributed by atoms with E-state index in [1.165, 1.54) is 5.56 Å². The van der Waals surface area contributed by atoms with E-state index in [1.807, 2.05) is 18.2 Å². The van der Waals surface area contributed by atoms with Gasteiger partial charge >= 0.3 is 0 Å². The van der Waals surface area contributed by atoms with Crippen molar-refractivity contribution in [1.29, 1.82) is 0 Å². The van der Waals surface area contributed by atoms with Crippen LogP contribution in [-0.2, 0) is 11.2 Å². The molecule has 0 atom stereocenters. The van der Waals surface area contributed by atoms with Gasteiger partial charge in [0.05, 0.1) is 0 Å². The number of benzene rings is 1. The van der Waals surface area contributed by atoms with Gasteiger partial charge in [0.15, 0.2) is 0 Å². The maximum atomic E-state index is 11.2. The van der Waals surface area contributed by atoms with Gasteiger partial charge in [0.2, 0.25) is 5.91 Å². The topological polar surface area (TPSA) is 55.1 Å². The summed E-state index contributed by atoms with van der Waals surface area (Å²) in [7, 11) is 0. The summed E-state index contributed by atoms with van der Waals surface area (Å²) in [6.45, 7) is 1.28. The summed E-state index contributed by atoms with van der Waals surface area (Å²) < 4.78 is 0. The lowest BCUT2D eigenvalue weighted by molar-refractivity contribution is -0.121. The lowest BCUT2D eigenvalue weighted by atomic mass is 10.1. The molecule has 1 rings (SSSR count). The van der Waals surface area contributed by atoms with Gasteiger partial charge in [-0.1, -0.05) is 30.3 Å². The predicted octanol–water partition coefficient (Wildman–Crippen LogP) is 1.08. The summed E-state index contributed by atoms with van der Waals surface area (Å²) in [6, 6.07) is 10.1. The van der Waals surface area contributed by atoms with Crippen LogP contribution in [0, 0.1) is 0 Å². The molecule has 0 heterocycles. The molecule has 0 unspecified atom stereocenters. The van der Waals surface area contributed by atoms with Gasteiger partial charge < -0.3 is 11.1 Å². The second kappa shape index (κ2) is 7.01. The number of carbonyl (C=O) groups is 1. The Balaban J connectivity index is 2.14. The zero-order valence-corrected chi connectivity index (χ0v) is 8.91. The van der Waals surface area contributed by atoms with Gasteiger partial charge in [0, 0.05) is 13.0 Å². The Morgan fingerprint density at radius 3 is 2.67 bits per heavy atom. The van der Waals surface area contributed by atoms with Gasteiger partial charge in [-0.3, -0.25) is 4.79 Å². The molecule has 0 aliphatic heterocycles. The first-order valence-corrected chi connectivity index (χ1v) is 5.33. The van der Waals surface area contributed by atoms with Crippen molar-refractivity contribution in [3.05, 3.63) is 35.9 Å². The van der Waals surface area contributed by atoms with Crippen LogP contribution in [0.25, 0.3) is 0 Å². The lowest BCUT2D eigenvalue weighted by Crippen LogP contribution is -2.25. The molecular weight excluding hydrogens is 188 g/mol. The van der Waals surface area contributed by atoms with Gasteiger partial charge in [-0.15, -0.1) is 0 Å². The Morgan fingerprint density at radius 1 is 1.27 bits per heavy atom. The highest BCUT2D eigenvalue weighted by Gasteiger charge is 1.99. The van der Waals surface area contributed by atoms with E-state index in [-0.39, 0.29) is 5.91 Å². The smallest absolute Gasteiger partial charge is 0.220 e. The summed E-state index contributed by atoms with van der Waals surface area (Å²) >= 11 is 0. The molecule has 0 bridgehead atoms. The Bertz CT molecular complexity index is 285. The molecule has 0 saturated heterocycles. The molecule has 3 heteroatoms. The van der Waals surface area contributed by atoms with Crippen molar-refractivity contribution >= 4 is 5.91 Å². The van der Waals surface area contributed by atoms with E-state index in [9.17, 15) is 4.79 Å². The monoisotopic (exact) mass is 206 g/mol. The van der Waals surface area contributed by atoms with Crippen molar-refractivity contribution in [1.82, 2.24) is 5.32 Å². The molecular formula is C12H18N2O. The summed E-state index contributed by atoms with van der Waals surface area (Å²) in [5.41, 5.74) is 6.56. The highest BCUT2D eigenvalue weighted by atomic mass is 16.1.